The lowest BCUT2D eigenvalue weighted by Gasteiger charge is -2.26. The van der Waals surface area contributed by atoms with Gasteiger partial charge in [-0.3, -0.25) is 9.69 Å². The van der Waals surface area contributed by atoms with Gasteiger partial charge in [0.05, 0.1) is 25.6 Å². The number of carbonyl (C=O) groups is 1. The lowest BCUT2D eigenvalue weighted by Crippen LogP contribution is -2.39. The highest BCUT2D eigenvalue weighted by Crippen LogP contribution is 2.28. The highest BCUT2D eigenvalue weighted by Gasteiger charge is 2.26. The van der Waals surface area contributed by atoms with E-state index in [0.29, 0.717) is 18.1 Å². The Morgan fingerprint density at radius 2 is 1.96 bits per heavy atom. The largest absolute Gasteiger partial charge is 0.379 e. The van der Waals surface area contributed by atoms with Crippen LogP contribution in [0, 0.1) is 0 Å². The maximum Gasteiger partial charge on any atom is 0.278 e. The molecule has 2 aliphatic heterocycles. The van der Waals surface area contributed by atoms with Gasteiger partial charge >= 0.3 is 0 Å². The number of rotatable bonds is 5. The van der Waals surface area contributed by atoms with Crippen LogP contribution < -0.4 is 10.2 Å². The number of nitrogens with one attached hydrogen (secondary N) is 1. The van der Waals surface area contributed by atoms with Crippen LogP contribution >= 0.6 is 0 Å². The maximum atomic E-state index is 12.7. The predicted octanol–water partition coefficient (Wildman–Crippen LogP) is 1.42. The van der Waals surface area contributed by atoms with Crippen LogP contribution in [0.3, 0.4) is 0 Å². The van der Waals surface area contributed by atoms with Crippen molar-refractivity contribution in [1.29, 1.82) is 0 Å². The third kappa shape index (κ3) is 3.68. The molecule has 0 spiro atoms. The quantitative estimate of drug-likeness (QED) is 0.877. The molecule has 1 amide bonds. The van der Waals surface area contributed by atoms with Crippen LogP contribution in [0.4, 0.5) is 11.5 Å². The minimum Gasteiger partial charge on any atom is -0.379 e. The molecule has 1 saturated heterocycles. The summed E-state index contributed by atoms with van der Waals surface area (Å²) in [7, 11) is 0. The highest BCUT2D eigenvalue weighted by atomic mass is 16.5. The van der Waals surface area contributed by atoms with Crippen LogP contribution in [0.5, 0.6) is 0 Å². The maximum absolute atomic E-state index is 12.7. The molecule has 1 fully saturated rings. The molecule has 0 unspecified atom stereocenters. The van der Waals surface area contributed by atoms with Gasteiger partial charge in [-0.05, 0) is 18.1 Å². The number of morpholine rings is 1. The number of carbonyl (C=O) groups excluding carboxylic acids is 1. The number of ether oxygens (including phenoxy) is 1. The van der Waals surface area contributed by atoms with E-state index in [1.54, 1.807) is 17.3 Å². The van der Waals surface area contributed by atoms with Gasteiger partial charge in [0, 0.05) is 38.4 Å². The first-order valence-corrected chi connectivity index (χ1v) is 9.07. The molecule has 0 radical (unpaired) electrons. The van der Waals surface area contributed by atoms with Crippen molar-refractivity contribution in [3.05, 3.63) is 47.9 Å². The molecular formula is C19H23N5O2. The van der Waals surface area contributed by atoms with Crippen LogP contribution in [0.1, 0.15) is 16.1 Å². The van der Waals surface area contributed by atoms with Gasteiger partial charge in [0.25, 0.3) is 5.91 Å². The molecule has 1 aromatic carbocycles. The number of hydrogen-bond acceptors (Lipinski definition) is 6. The summed E-state index contributed by atoms with van der Waals surface area (Å²) >= 11 is 0. The second-order valence-corrected chi connectivity index (χ2v) is 6.50. The summed E-state index contributed by atoms with van der Waals surface area (Å²) in [4.78, 5) is 25.5. The van der Waals surface area contributed by atoms with Crippen molar-refractivity contribution in [3.63, 3.8) is 0 Å². The van der Waals surface area contributed by atoms with Crippen molar-refractivity contribution in [1.82, 2.24) is 14.9 Å². The van der Waals surface area contributed by atoms with Crippen molar-refractivity contribution < 1.29 is 9.53 Å². The summed E-state index contributed by atoms with van der Waals surface area (Å²) in [6.45, 7) is 5.97. The first-order valence-electron chi connectivity index (χ1n) is 9.07. The molecule has 2 aromatic rings. The van der Waals surface area contributed by atoms with Gasteiger partial charge in [0.1, 0.15) is 11.5 Å². The topological polar surface area (TPSA) is 70.6 Å². The average Bonchev–Trinajstić information content (AvgIpc) is 3.13. The molecule has 0 bridgehead atoms. The van der Waals surface area contributed by atoms with Crippen LogP contribution in [-0.2, 0) is 11.2 Å². The number of fused-ring (bicyclic) bond motifs is 1. The summed E-state index contributed by atoms with van der Waals surface area (Å²) in [6, 6.07) is 8.01. The summed E-state index contributed by atoms with van der Waals surface area (Å²) < 4.78 is 5.34. The zero-order chi connectivity index (χ0) is 17.8. The Labute approximate surface area is 153 Å². The van der Waals surface area contributed by atoms with E-state index >= 15 is 0 Å². The number of para-hydroxylation sites is 1. The van der Waals surface area contributed by atoms with E-state index in [0.717, 1.165) is 51.5 Å². The molecular weight excluding hydrogens is 330 g/mol. The Morgan fingerprint density at radius 3 is 2.77 bits per heavy atom. The number of amides is 1. The molecule has 7 nitrogen and oxygen atoms in total. The normalized spacial score (nSPS) is 17.2. The smallest absolute Gasteiger partial charge is 0.278 e. The fraction of sp³-hybridized carbons (Fsp3) is 0.421. The van der Waals surface area contributed by atoms with Gasteiger partial charge < -0.3 is 15.0 Å². The van der Waals surface area contributed by atoms with Gasteiger partial charge in [-0.25, -0.2) is 9.97 Å². The van der Waals surface area contributed by atoms with E-state index in [9.17, 15) is 4.79 Å². The lowest BCUT2D eigenvalue weighted by atomic mass is 10.2. The highest BCUT2D eigenvalue weighted by molar-refractivity contribution is 6.05. The molecule has 7 heteroatoms. The summed E-state index contributed by atoms with van der Waals surface area (Å²) in [5.74, 6) is 0.596. The summed E-state index contributed by atoms with van der Waals surface area (Å²) in [6.07, 6.45) is 4.07. The van der Waals surface area contributed by atoms with Crippen LogP contribution in [0.15, 0.2) is 36.7 Å². The molecule has 1 aromatic heterocycles. The monoisotopic (exact) mass is 353 g/mol. The van der Waals surface area contributed by atoms with Crippen LogP contribution in [-0.4, -0.2) is 66.7 Å². The van der Waals surface area contributed by atoms with Crippen molar-refractivity contribution in [3.8, 4) is 0 Å². The second-order valence-electron chi connectivity index (χ2n) is 6.50. The number of benzene rings is 1. The van der Waals surface area contributed by atoms with Crippen molar-refractivity contribution >= 4 is 17.4 Å². The zero-order valence-electron chi connectivity index (χ0n) is 14.7. The van der Waals surface area contributed by atoms with Gasteiger partial charge in [-0.2, -0.15) is 0 Å². The van der Waals surface area contributed by atoms with Gasteiger partial charge in [0.15, 0.2) is 0 Å². The minimum absolute atomic E-state index is 0.0951. The molecule has 136 valence electrons. The lowest BCUT2D eigenvalue weighted by molar-refractivity contribution is 0.0398. The Morgan fingerprint density at radius 1 is 1.12 bits per heavy atom. The van der Waals surface area contributed by atoms with Crippen LogP contribution in [0.2, 0.25) is 0 Å². The molecule has 3 heterocycles. The molecule has 4 rings (SSSR count). The molecule has 2 aliphatic rings. The zero-order valence-corrected chi connectivity index (χ0v) is 14.7. The van der Waals surface area contributed by atoms with E-state index in [-0.39, 0.29) is 5.91 Å². The van der Waals surface area contributed by atoms with Crippen molar-refractivity contribution in [2.24, 2.45) is 0 Å². The van der Waals surface area contributed by atoms with E-state index in [2.05, 4.69) is 26.3 Å². The molecule has 1 N–H and O–H groups in total. The van der Waals surface area contributed by atoms with E-state index in [1.165, 1.54) is 5.56 Å². The van der Waals surface area contributed by atoms with Crippen molar-refractivity contribution in [2.75, 3.05) is 56.2 Å². The fourth-order valence-corrected chi connectivity index (χ4v) is 3.38. The Kier molecular flexibility index (Phi) is 5.08. The summed E-state index contributed by atoms with van der Waals surface area (Å²) in [5.41, 5.74) is 2.56. The second kappa shape index (κ2) is 7.80. The SMILES string of the molecule is O=C(c1cnc(NCCN2CCOCC2)cn1)N1CCc2ccccc21. The number of anilines is 2. The average molecular weight is 353 g/mol. The molecule has 26 heavy (non-hydrogen) atoms. The van der Waals surface area contributed by atoms with Gasteiger partial charge in [0.2, 0.25) is 0 Å². The molecule has 0 aliphatic carbocycles. The molecule has 0 saturated carbocycles. The minimum atomic E-state index is -0.0951. The van der Waals surface area contributed by atoms with Crippen LogP contribution in [0.25, 0.3) is 0 Å². The van der Waals surface area contributed by atoms with E-state index in [1.807, 2.05) is 18.2 Å². The van der Waals surface area contributed by atoms with Gasteiger partial charge in [-0.15, -0.1) is 0 Å². The van der Waals surface area contributed by atoms with Crippen molar-refractivity contribution in [2.45, 2.75) is 6.42 Å². The van der Waals surface area contributed by atoms with E-state index < -0.39 is 0 Å². The fourth-order valence-electron chi connectivity index (χ4n) is 3.38. The third-order valence-corrected chi connectivity index (χ3v) is 4.84. The number of nitrogens with zero attached hydrogens (tertiary/aromatic N) is 4. The third-order valence-electron chi connectivity index (χ3n) is 4.84. The Hall–Kier alpha value is -2.51. The first-order chi connectivity index (χ1) is 12.8. The molecule has 0 atom stereocenters. The Balaban J connectivity index is 1.33. The van der Waals surface area contributed by atoms with Gasteiger partial charge in [-0.1, -0.05) is 18.2 Å². The predicted molar refractivity (Wildman–Crippen MR) is 99.6 cm³/mol. The first kappa shape index (κ1) is 16.9. The van der Waals surface area contributed by atoms with E-state index in [4.69, 9.17) is 4.74 Å². The summed E-state index contributed by atoms with van der Waals surface area (Å²) in [5, 5.41) is 3.26. The standard InChI is InChI=1S/C19H23N5O2/c25-19(24-7-5-15-3-1-2-4-17(15)24)16-13-22-18(14-21-16)20-6-8-23-9-11-26-12-10-23/h1-4,13-14H,5-12H2,(H,20,22). The number of hydrogen-bond donors (Lipinski definition) is 1. The number of aromatic nitrogens is 2. The Bertz CT molecular complexity index is 759.